The zero-order valence-electron chi connectivity index (χ0n) is 9.28. The second-order valence-electron chi connectivity index (χ2n) is 3.36. The highest BCUT2D eigenvalue weighted by molar-refractivity contribution is 6.04. The molecule has 6 nitrogen and oxygen atoms in total. The van der Waals surface area contributed by atoms with Crippen molar-refractivity contribution in [2.75, 3.05) is 19.8 Å². The lowest BCUT2D eigenvalue weighted by atomic mass is 9.87. The molecule has 16 heavy (non-hydrogen) atoms. The summed E-state index contributed by atoms with van der Waals surface area (Å²) in [5.41, 5.74) is -1.61. The highest BCUT2D eigenvalue weighted by Gasteiger charge is 2.56. The molecule has 1 aliphatic rings. The number of hydrogen-bond acceptors (Lipinski definition) is 6. The summed E-state index contributed by atoms with van der Waals surface area (Å²) in [6.45, 7) is 3.20. The molecule has 0 aromatic carbocycles. The standard InChI is InChI=1S/C10H14O6/c1-3-14-8(12)10(9(13)15-4-2)5-7(11)16-6-10/h3-6H2,1-2H3. The van der Waals surface area contributed by atoms with E-state index in [1.54, 1.807) is 13.8 Å². The average molecular weight is 230 g/mol. The minimum Gasteiger partial charge on any atom is -0.465 e. The summed E-state index contributed by atoms with van der Waals surface area (Å²) in [4.78, 5) is 34.4. The summed E-state index contributed by atoms with van der Waals surface area (Å²) < 4.78 is 14.2. The molecule has 1 heterocycles. The Morgan fingerprint density at radius 2 is 1.75 bits per heavy atom. The zero-order valence-corrected chi connectivity index (χ0v) is 9.28. The van der Waals surface area contributed by atoms with E-state index < -0.39 is 23.3 Å². The van der Waals surface area contributed by atoms with Crippen LogP contribution in [0, 0.1) is 5.41 Å². The molecular weight excluding hydrogens is 216 g/mol. The van der Waals surface area contributed by atoms with Crippen molar-refractivity contribution in [1.29, 1.82) is 0 Å². The number of rotatable bonds is 4. The third-order valence-corrected chi connectivity index (χ3v) is 2.26. The molecule has 0 aromatic rings. The highest BCUT2D eigenvalue weighted by atomic mass is 16.6. The molecule has 0 N–H and O–H groups in total. The van der Waals surface area contributed by atoms with Crippen LogP contribution in [-0.2, 0) is 28.6 Å². The number of ether oxygens (including phenoxy) is 3. The quantitative estimate of drug-likeness (QED) is 0.385. The van der Waals surface area contributed by atoms with Crippen molar-refractivity contribution >= 4 is 17.9 Å². The van der Waals surface area contributed by atoms with E-state index in [1.807, 2.05) is 0 Å². The van der Waals surface area contributed by atoms with Crippen LogP contribution in [0.4, 0.5) is 0 Å². The van der Waals surface area contributed by atoms with E-state index in [2.05, 4.69) is 4.74 Å². The van der Waals surface area contributed by atoms with Gasteiger partial charge in [-0.25, -0.2) is 0 Å². The largest absolute Gasteiger partial charge is 0.465 e. The summed E-state index contributed by atoms with van der Waals surface area (Å²) in [6.07, 6.45) is -0.315. The SMILES string of the molecule is CCOC(=O)C1(C(=O)OCC)COC(=O)C1. The fourth-order valence-corrected chi connectivity index (χ4v) is 1.44. The lowest BCUT2D eigenvalue weighted by molar-refractivity contribution is -0.171. The zero-order chi connectivity index (χ0) is 12.2. The van der Waals surface area contributed by atoms with Gasteiger partial charge in [-0.05, 0) is 13.8 Å². The molecule has 0 amide bonds. The number of hydrogen-bond donors (Lipinski definition) is 0. The van der Waals surface area contributed by atoms with Crippen LogP contribution in [0.2, 0.25) is 0 Å². The van der Waals surface area contributed by atoms with Crippen LogP contribution in [0.5, 0.6) is 0 Å². The molecule has 1 rings (SSSR count). The first kappa shape index (κ1) is 12.5. The van der Waals surface area contributed by atoms with Crippen molar-refractivity contribution in [3.05, 3.63) is 0 Å². The van der Waals surface area contributed by atoms with Crippen molar-refractivity contribution in [2.24, 2.45) is 5.41 Å². The summed E-state index contributed by atoms with van der Waals surface area (Å²) in [5.74, 6) is -2.13. The monoisotopic (exact) mass is 230 g/mol. The third-order valence-electron chi connectivity index (χ3n) is 2.26. The molecule has 0 aromatic heterocycles. The minimum absolute atomic E-state index is 0.133. The van der Waals surface area contributed by atoms with Crippen LogP contribution in [0.25, 0.3) is 0 Å². The molecule has 0 spiro atoms. The maximum atomic E-state index is 11.7. The summed E-state index contributed by atoms with van der Waals surface area (Å²) in [7, 11) is 0. The van der Waals surface area contributed by atoms with E-state index in [0.717, 1.165) is 0 Å². The topological polar surface area (TPSA) is 78.9 Å². The van der Waals surface area contributed by atoms with E-state index in [4.69, 9.17) is 9.47 Å². The van der Waals surface area contributed by atoms with Crippen LogP contribution in [-0.4, -0.2) is 37.7 Å². The Morgan fingerprint density at radius 1 is 1.25 bits per heavy atom. The van der Waals surface area contributed by atoms with Crippen LogP contribution >= 0.6 is 0 Å². The van der Waals surface area contributed by atoms with Gasteiger partial charge in [0.2, 0.25) is 5.41 Å². The first-order chi connectivity index (χ1) is 7.56. The molecule has 1 aliphatic heterocycles. The number of carbonyl (C=O) groups excluding carboxylic acids is 3. The van der Waals surface area contributed by atoms with Gasteiger partial charge in [-0.3, -0.25) is 14.4 Å². The molecule has 0 radical (unpaired) electrons. The van der Waals surface area contributed by atoms with Crippen LogP contribution in [0.1, 0.15) is 20.3 Å². The molecule has 6 heteroatoms. The van der Waals surface area contributed by atoms with Gasteiger partial charge in [0.25, 0.3) is 0 Å². The van der Waals surface area contributed by atoms with Gasteiger partial charge in [-0.2, -0.15) is 0 Å². The number of cyclic esters (lactones) is 1. The van der Waals surface area contributed by atoms with Gasteiger partial charge in [-0.15, -0.1) is 0 Å². The second-order valence-corrected chi connectivity index (χ2v) is 3.36. The fourth-order valence-electron chi connectivity index (χ4n) is 1.44. The Kier molecular flexibility index (Phi) is 3.87. The molecule has 0 atom stereocenters. The number of carbonyl (C=O) groups is 3. The lowest BCUT2D eigenvalue weighted by Gasteiger charge is -2.20. The predicted molar refractivity (Wildman–Crippen MR) is 51.3 cm³/mol. The van der Waals surface area contributed by atoms with Crippen LogP contribution in [0.15, 0.2) is 0 Å². The maximum absolute atomic E-state index is 11.7. The molecule has 0 aliphatic carbocycles. The summed E-state index contributed by atoms with van der Waals surface area (Å²) in [5, 5.41) is 0. The van der Waals surface area contributed by atoms with Gasteiger partial charge < -0.3 is 14.2 Å². The Balaban J connectivity index is 2.89. The van der Waals surface area contributed by atoms with Gasteiger partial charge in [0.05, 0.1) is 19.6 Å². The van der Waals surface area contributed by atoms with Gasteiger partial charge in [-0.1, -0.05) is 0 Å². The first-order valence-corrected chi connectivity index (χ1v) is 5.07. The second kappa shape index (κ2) is 4.96. The van der Waals surface area contributed by atoms with E-state index in [-0.39, 0.29) is 26.2 Å². The fraction of sp³-hybridized carbons (Fsp3) is 0.700. The molecule has 1 saturated heterocycles. The molecule has 0 bridgehead atoms. The van der Waals surface area contributed by atoms with E-state index in [9.17, 15) is 14.4 Å². The van der Waals surface area contributed by atoms with Crippen molar-refractivity contribution < 1.29 is 28.6 Å². The van der Waals surface area contributed by atoms with Gasteiger partial charge in [0.15, 0.2) is 0 Å². The van der Waals surface area contributed by atoms with Gasteiger partial charge in [0.1, 0.15) is 6.61 Å². The molecule has 0 saturated carbocycles. The smallest absolute Gasteiger partial charge is 0.327 e. The molecule has 0 unspecified atom stereocenters. The molecular formula is C10H14O6. The number of esters is 3. The van der Waals surface area contributed by atoms with Crippen LogP contribution in [0.3, 0.4) is 0 Å². The Labute approximate surface area is 92.8 Å². The summed E-state index contributed by atoms with van der Waals surface area (Å²) in [6, 6.07) is 0. The normalized spacial score (nSPS) is 17.8. The van der Waals surface area contributed by atoms with Crippen molar-refractivity contribution in [1.82, 2.24) is 0 Å². The highest BCUT2D eigenvalue weighted by Crippen LogP contribution is 2.32. The van der Waals surface area contributed by atoms with E-state index in [1.165, 1.54) is 0 Å². The van der Waals surface area contributed by atoms with E-state index >= 15 is 0 Å². The third kappa shape index (κ3) is 2.15. The minimum atomic E-state index is -1.61. The first-order valence-electron chi connectivity index (χ1n) is 5.07. The summed E-state index contributed by atoms with van der Waals surface area (Å²) >= 11 is 0. The Bertz CT molecular complexity index is 290. The molecule has 90 valence electrons. The van der Waals surface area contributed by atoms with Gasteiger partial charge >= 0.3 is 17.9 Å². The Morgan fingerprint density at radius 3 is 2.06 bits per heavy atom. The predicted octanol–water partition coefficient (Wildman–Crippen LogP) is 0.0459. The Hall–Kier alpha value is -1.59. The maximum Gasteiger partial charge on any atom is 0.327 e. The van der Waals surface area contributed by atoms with Crippen molar-refractivity contribution in [2.45, 2.75) is 20.3 Å². The van der Waals surface area contributed by atoms with Gasteiger partial charge in [0, 0.05) is 0 Å². The molecule has 1 fully saturated rings. The van der Waals surface area contributed by atoms with Crippen molar-refractivity contribution in [3.8, 4) is 0 Å². The van der Waals surface area contributed by atoms with E-state index in [0.29, 0.717) is 0 Å². The lowest BCUT2D eigenvalue weighted by Crippen LogP contribution is -2.42. The van der Waals surface area contributed by atoms with Crippen molar-refractivity contribution in [3.63, 3.8) is 0 Å². The average Bonchev–Trinajstić information content (AvgIpc) is 2.63. The van der Waals surface area contributed by atoms with Crippen LogP contribution < -0.4 is 0 Å².